The maximum atomic E-state index is 11.9. The molecule has 2 rings (SSSR count). The Morgan fingerprint density at radius 2 is 1.87 bits per heavy atom. The fourth-order valence-corrected chi connectivity index (χ4v) is 4.07. The van der Waals surface area contributed by atoms with Crippen LogP contribution in [0, 0.1) is 0 Å². The van der Waals surface area contributed by atoms with Crippen molar-refractivity contribution in [2.45, 2.75) is 44.2 Å². The van der Waals surface area contributed by atoms with E-state index >= 15 is 0 Å². The Bertz CT molecular complexity index is 357. The lowest BCUT2D eigenvalue weighted by Gasteiger charge is -2.29. The van der Waals surface area contributed by atoms with Gasteiger partial charge in [0.25, 0.3) is 0 Å². The maximum absolute atomic E-state index is 11.9. The largest absolute Gasteiger partial charge is 0.386 e. The van der Waals surface area contributed by atoms with Crippen LogP contribution >= 0.6 is 0 Å². The van der Waals surface area contributed by atoms with Gasteiger partial charge in [-0.1, -0.05) is 25.8 Å². The van der Waals surface area contributed by atoms with E-state index in [1.54, 1.807) is 0 Å². The molecule has 1 atom stereocenters. The van der Waals surface area contributed by atoms with Gasteiger partial charge in [-0.05, 0) is 12.8 Å². The molecule has 0 radical (unpaired) electrons. The third kappa shape index (κ3) is 1.84. The second kappa shape index (κ2) is 3.88. The van der Waals surface area contributed by atoms with Crippen LogP contribution in [-0.2, 0) is 10.0 Å². The molecular formula is C10H17NO3S. The van der Waals surface area contributed by atoms with Gasteiger partial charge in [0.1, 0.15) is 6.10 Å². The second-order valence-electron chi connectivity index (χ2n) is 4.35. The zero-order valence-corrected chi connectivity index (χ0v) is 9.54. The Balaban J connectivity index is 2.19. The predicted octanol–water partition coefficient (Wildman–Crippen LogP) is 0.839. The number of hydrogen-bond acceptors (Lipinski definition) is 3. The highest BCUT2D eigenvalue weighted by molar-refractivity contribution is 7.93. The fourth-order valence-electron chi connectivity index (χ4n) is 2.41. The molecule has 1 heterocycles. The monoisotopic (exact) mass is 231 g/mol. The number of rotatable bonds is 1. The molecule has 0 aromatic heterocycles. The van der Waals surface area contributed by atoms with Gasteiger partial charge in [-0.2, -0.15) is 4.31 Å². The third-order valence-corrected chi connectivity index (χ3v) is 5.35. The van der Waals surface area contributed by atoms with E-state index in [1.807, 2.05) is 0 Å². The SMILES string of the molecule is C=C1[C@@H](O)CN(C2CCCCC2)S1(=O)=O. The van der Waals surface area contributed by atoms with Crippen molar-refractivity contribution >= 4 is 10.0 Å². The number of hydrogen-bond donors (Lipinski definition) is 1. The maximum Gasteiger partial charge on any atom is 0.241 e. The van der Waals surface area contributed by atoms with Gasteiger partial charge in [0.05, 0.1) is 4.91 Å². The molecule has 0 aromatic carbocycles. The quantitative estimate of drug-likeness (QED) is 0.727. The normalized spacial score (nSPS) is 33.4. The van der Waals surface area contributed by atoms with Gasteiger partial charge in [-0.25, -0.2) is 8.42 Å². The molecule has 1 N–H and O–H groups in total. The molecule has 0 amide bonds. The van der Waals surface area contributed by atoms with Gasteiger partial charge in [-0.3, -0.25) is 0 Å². The topological polar surface area (TPSA) is 57.6 Å². The van der Waals surface area contributed by atoms with Gasteiger partial charge in [0.2, 0.25) is 10.0 Å². The van der Waals surface area contributed by atoms with Crippen LogP contribution in [0.3, 0.4) is 0 Å². The van der Waals surface area contributed by atoms with Crippen molar-refractivity contribution in [3.63, 3.8) is 0 Å². The summed E-state index contributed by atoms with van der Waals surface area (Å²) in [6, 6.07) is 0.0812. The van der Waals surface area contributed by atoms with Gasteiger partial charge >= 0.3 is 0 Å². The number of aliphatic hydroxyl groups is 1. The van der Waals surface area contributed by atoms with E-state index in [4.69, 9.17) is 0 Å². The molecule has 0 spiro atoms. The van der Waals surface area contributed by atoms with Crippen LogP contribution in [-0.4, -0.2) is 36.5 Å². The smallest absolute Gasteiger partial charge is 0.241 e. The molecule has 0 bridgehead atoms. The summed E-state index contributed by atoms with van der Waals surface area (Å²) in [5, 5.41) is 9.51. The van der Waals surface area contributed by atoms with Crippen LogP contribution in [0.1, 0.15) is 32.1 Å². The molecule has 2 aliphatic rings. The highest BCUT2D eigenvalue weighted by Gasteiger charge is 2.42. The van der Waals surface area contributed by atoms with E-state index < -0.39 is 16.1 Å². The van der Waals surface area contributed by atoms with Crippen molar-refractivity contribution in [3.8, 4) is 0 Å². The van der Waals surface area contributed by atoms with Crippen LogP contribution in [0.15, 0.2) is 11.5 Å². The molecule has 86 valence electrons. The summed E-state index contributed by atoms with van der Waals surface area (Å²) in [6.07, 6.45) is 4.28. The third-order valence-electron chi connectivity index (χ3n) is 3.35. The Kier molecular flexibility index (Phi) is 2.87. The van der Waals surface area contributed by atoms with E-state index in [2.05, 4.69) is 6.58 Å². The second-order valence-corrected chi connectivity index (χ2v) is 6.29. The van der Waals surface area contributed by atoms with Crippen molar-refractivity contribution in [3.05, 3.63) is 11.5 Å². The zero-order valence-electron chi connectivity index (χ0n) is 8.72. The van der Waals surface area contributed by atoms with Crippen LogP contribution in [0.25, 0.3) is 0 Å². The van der Waals surface area contributed by atoms with Crippen molar-refractivity contribution in [1.82, 2.24) is 4.31 Å². The summed E-state index contributed by atoms with van der Waals surface area (Å²) in [6.45, 7) is 3.65. The first-order chi connectivity index (χ1) is 7.03. The van der Waals surface area contributed by atoms with E-state index in [1.165, 1.54) is 10.7 Å². The van der Waals surface area contributed by atoms with Gasteiger partial charge in [0, 0.05) is 12.6 Å². The number of β-amino-alcohol motifs (C(OH)–C–C–N with tert-alkyl or cyclic N) is 1. The predicted molar refractivity (Wildman–Crippen MR) is 57.6 cm³/mol. The van der Waals surface area contributed by atoms with Crippen molar-refractivity contribution in [1.29, 1.82) is 0 Å². The van der Waals surface area contributed by atoms with Crippen LogP contribution < -0.4 is 0 Å². The minimum atomic E-state index is -3.43. The lowest BCUT2D eigenvalue weighted by molar-refractivity contribution is 0.172. The summed E-state index contributed by atoms with van der Waals surface area (Å²) >= 11 is 0. The zero-order chi connectivity index (χ0) is 11.1. The van der Waals surface area contributed by atoms with Gasteiger partial charge in [0.15, 0.2) is 0 Å². The number of sulfonamides is 1. The van der Waals surface area contributed by atoms with E-state index in [0.717, 1.165) is 25.7 Å². The number of nitrogens with zero attached hydrogens (tertiary/aromatic N) is 1. The van der Waals surface area contributed by atoms with Crippen molar-refractivity contribution < 1.29 is 13.5 Å². The molecule has 0 aromatic rings. The van der Waals surface area contributed by atoms with E-state index in [0.29, 0.717) is 0 Å². The summed E-state index contributed by atoms with van der Waals surface area (Å²) < 4.78 is 25.2. The van der Waals surface area contributed by atoms with Crippen LogP contribution in [0.5, 0.6) is 0 Å². The highest BCUT2D eigenvalue weighted by Crippen LogP contribution is 2.32. The minimum absolute atomic E-state index is 0.0342. The summed E-state index contributed by atoms with van der Waals surface area (Å²) in [4.78, 5) is -0.0342. The molecule has 0 unspecified atom stereocenters. The van der Waals surface area contributed by atoms with Crippen LogP contribution in [0.2, 0.25) is 0 Å². The molecule has 1 aliphatic carbocycles. The Hall–Kier alpha value is -0.390. The minimum Gasteiger partial charge on any atom is -0.386 e. The van der Waals surface area contributed by atoms with E-state index in [-0.39, 0.29) is 17.5 Å². The lowest BCUT2D eigenvalue weighted by Crippen LogP contribution is -2.38. The standard InChI is InChI=1S/C10H17NO3S/c1-8-10(12)7-11(15(8,13)14)9-5-3-2-4-6-9/h9-10,12H,1-7H2/t10-/m0/s1. The molecule has 1 aliphatic heterocycles. The first-order valence-corrected chi connectivity index (χ1v) is 6.86. The van der Waals surface area contributed by atoms with Crippen molar-refractivity contribution in [2.75, 3.05) is 6.54 Å². The Morgan fingerprint density at radius 3 is 2.33 bits per heavy atom. The average Bonchev–Trinajstić information content (AvgIpc) is 2.43. The number of aliphatic hydroxyl groups excluding tert-OH is 1. The molecule has 2 fully saturated rings. The molecule has 1 saturated carbocycles. The molecular weight excluding hydrogens is 214 g/mol. The fraction of sp³-hybridized carbons (Fsp3) is 0.800. The molecule has 5 heteroatoms. The summed E-state index contributed by atoms with van der Waals surface area (Å²) in [5.74, 6) is 0. The van der Waals surface area contributed by atoms with Crippen molar-refractivity contribution in [2.24, 2.45) is 0 Å². The molecule has 1 saturated heterocycles. The summed E-state index contributed by atoms with van der Waals surface area (Å²) in [7, 11) is -3.43. The average molecular weight is 231 g/mol. The lowest BCUT2D eigenvalue weighted by atomic mass is 9.95. The summed E-state index contributed by atoms with van der Waals surface area (Å²) in [5.41, 5.74) is 0. The van der Waals surface area contributed by atoms with Gasteiger partial charge < -0.3 is 5.11 Å². The van der Waals surface area contributed by atoms with Crippen LogP contribution in [0.4, 0.5) is 0 Å². The first kappa shape index (κ1) is 11.1. The van der Waals surface area contributed by atoms with E-state index in [9.17, 15) is 13.5 Å². The Labute approximate surface area is 90.6 Å². The molecule has 4 nitrogen and oxygen atoms in total. The highest BCUT2D eigenvalue weighted by atomic mass is 32.2. The Morgan fingerprint density at radius 1 is 1.27 bits per heavy atom. The first-order valence-electron chi connectivity index (χ1n) is 5.42. The molecule has 15 heavy (non-hydrogen) atoms. The van der Waals surface area contributed by atoms with Gasteiger partial charge in [-0.15, -0.1) is 0 Å².